The van der Waals surface area contributed by atoms with Crippen LogP contribution in [0, 0.1) is 0 Å². The van der Waals surface area contributed by atoms with Gasteiger partial charge in [-0.15, -0.1) is 17.0 Å². The van der Waals surface area contributed by atoms with Gasteiger partial charge in [-0.25, -0.2) is 4.99 Å². The zero-order valence-electron chi connectivity index (χ0n) is 13.8. The second-order valence-electron chi connectivity index (χ2n) is 5.93. The molecule has 9 heteroatoms. The maximum atomic E-state index is 6.05. The summed E-state index contributed by atoms with van der Waals surface area (Å²) >= 11 is 12.0. The van der Waals surface area contributed by atoms with Gasteiger partial charge in [-0.05, 0) is 43.9 Å². The van der Waals surface area contributed by atoms with Crippen LogP contribution in [0.4, 0.5) is 0 Å². The molecule has 1 heterocycles. The molecule has 6 nitrogen and oxygen atoms in total. The number of guanidine groups is 2. The number of hydrogen-bond donors (Lipinski definition) is 2. The predicted molar refractivity (Wildman–Crippen MR) is 105 cm³/mol. The van der Waals surface area contributed by atoms with Crippen LogP contribution in [0.2, 0.25) is 10.0 Å². The molecule has 0 saturated carbocycles. The fourth-order valence-electron chi connectivity index (χ4n) is 2.32. The van der Waals surface area contributed by atoms with E-state index in [0.29, 0.717) is 16.7 Å². The van der Waals surface area contributed by atoms with Crippen molar-refractivity contribution >= 4 is 52.1 Å². The molecule has 1 atom stereocenters. The van der Waals surface area contributed by atoms with Gasteiger partial charge in [0, 0.05) is 0 Å². The van der Waals surface area contributed by atoms with Crippen LogP contribution in [0.5, 0.6) is 0 Å². The molecule has 0 aromatic heterocycles. The maximum absolute atomic E-state index is 6.05. The fraction of sp³-hybridized carbons (Fsp3) is 0.467. The molecule has 1 aliphatic rings. The topological polar surface area (TPSA) is 89.2 Å². The summed E-state index contributed by atoms with van der Waals surface area (Å²) in [7, 11) is 0. The van der Waals surface area contributed by atoms with Gasteiger partial charge in [0.2, 0.25) is 11.9 Å². The molecule has 0 aliphatic carbocycles. The highest BCUT2D eigenvalue weighted by molar-refractivity contribution is 8.93. The quantitative estimate of drug-likeness (QED) is 0.733. The summed E-state index contributed by atoms with van der Waals surface area (Å²) in [5.41, 5.74) is 11.9. The van der Waals surface area contributed by atoms with Gasteiger partial charge in [-0.3, -0.25) is 4.84 Å². The van der Waals surface area contributed by atoms with Crippen molar-refractivity contribution in [2.24, 2.45) is 21.5 Å². The highest BCUT2D eigenvalue weighted by Gasteiger charge is 2.33. The lowest BCUT2D eigenvalue weighted by atomic mass is 9.98. The molecule has 0 radical (unpaired) electrons. The predicted octanol–water partition coefficient (Wildman–Crippen LogP) is 3.68. The summed E-state index contributed by atoms with van der Waals surface area (Å²) in [4.78, 5) is 13.9. The Morgan fingerprint density at radius 1 is 1.25 bits per heavy atom. The Bertz CT molecular complexity index is 651. The van der Waals surface area contributed by atoms with E-state index in [1.165, 1.54) is 5.06 Å². The van der Waals surface area contributed by atoms with E-state index in [1.807, 2.05) is 26.0 Å². The molecule has 134 valence electrons. The van der Waals surface area contributed by atoms with Crippen LogP contribution in [0.25, 0.3) is 0 Å². The van der Waals surface area contributed by atoms with Crippen LogP contribution >= 0.6 is 40.2 Å². The zero-order chi connectivity index (χ0) is 17.2. The molecule has 4 N–H and O–H groups in total. The van der Waals surface area contributed by atoms with Crippen LogP contribution in [-0.2, 0) is 4.84 Å². The van der Waals surface area contributed by atoms with Crippen LogP contribution in [0.15, 0.2) is 28.2 Å². The minimum absolute atomic E-state index is 0. The summed E-state index contributed by atoms with van der Waals surface area (Å²) < 4.78 is 0. The third kappa shape index (κ3) is 4.99. The van der Waals surface area contributed by atoms with Gasteiger partial charge in [0.1, 0.15) is 0 Å². The van der Waals surface area contributed by atoms with E-state index in [0.717, 1.165) is 12.0 Å². The zero-order valence-corrected chi connectivity index (χ0v) is 17.0. The van der Waals surface area contributed by atoms with Crippen molar-refractivity contribution in [3.8, 4) is 0 Å². The Balaban J connectivity index is 0.00000288. The third-order valence-corrected chi connectivity index (χ3v) is 4.35. The van der Waals surface area contributed by atoms with Crippen molar-refractivity contribution in [2.45, 2.75) is 38.8 Å². The van der Waals surface area contributed by atoms with Crippen molar-refractivity contribution < 1.29 is 4.84 Å². The van der Waals surface area contributed by atoms with Gasteiger partial charge < -0.3 is 11.5 Å². The van der Waals surface area contributed by atoms with Gasteiger partial charge in [0.15, 0.2) is 5.66 Å². The number of hydrogen-bond acceptors (Lipinski definition) is 6. The Morgan fingerprint density at radius 3 is 2.50 bits per heavy atom. The Hall–Kier alpha value is -1.02. The number of aliphatic imine (C=N–C) groups is 2. The largest absolute Gasteiger partial charge is 0.368 e. The van der Waals surface area contributed by atoms with E-state index < -0.39 is 5.66 Å². The first kappa shape index (κ1) is 21.0. The lowest BCUT2D eigenvalue weighted by Gasteiger charge is -2.36. The number of rotatable bonds is 5. The SMILES string of the molecule is Br.CC(CCON1C(N)=NC(N)=NC1(C)C)c1ccc(Cl)c(Cl)c1. The highest BCUT2D eigenvalue weighted by atomic mass is 79.9. The summed E-state index contributed by atoms with van der Waals surface area (Å²) in [5.74, 6) is 0.602. The lowest BCUT2D eigenvalue weighted by molar-refractivity contribution is -0.158. The minimum Gasteiger partial charge on any atom is -0.368 e. The Labute approximate surface area is 162 Å². The lowest BCUT2D eigenvalue weighted by Crippen LogP contribution is -2.53. The molecule has 1 aromatic carbocycles. The van der Waals surface area contributed by atoms with Gasteiger partial charge in [0.25, 0.3) is 0 Å². The molecular formula is C15H22BrCl2N5O. The maximum Gasteiger partial charge on any atom is 0.226 e. The number of halogens is 3. The third-order valence-electron chi connectivity index (χ3n) is 3.61. The molecule has 2 rings (SSSR count). The second-order valence-corrected chi connectivity index (χ2v) is 6.74. The van der Waals surface area contributed by atoms with Crippen molar-refractivity contribution in [1.29, 1.82) is 0 Å². The first-order valence-electron chi connectivity index (χ1n) is 7.28. The summed E-state index contributed by atoms with van der Waals surface area (Å²) in [6.45, 7) is 6.25. The summed E-state index contributed by atoms with van der Waals surface area (Å²) in [5, 5.41) is 2.58. The monoisotopic (exact) mass is 437 g/mol. The molecule has 0 saturated heterocycles. The van der Waals surface area contributed by atoms with Crippen LogP contribution < -0.4 is 11.5 Å². The van der Waals surface area contributed by atoms with Crippen LogP contribution in [0.3, 0.4) is 0 Å². The minimum atomic E-state index is -0.692. The molecule has 0 bridgehead atoms. The van der Waals surface area contributed by atoms with E-state index in [4.69, 9.17) is 39.5 Å². The first-order chi connectivity index (χ1) is 10.7. The van der Waals surface area contributed by atoms with Gasteiger partial charge in [-0.2, -0.15) is 10.1 Å². The molecular weight excluding hydrogens is 417 g/mol. The second kappa shape index (κ2) is 8.38. The normalized spacial score (nSPS) is 17.6. The molecule has 24 heavy (non-hydrogen) atoms. The number of hydroxylamine groups is 2. The van der Waals surface area contributed by atoms with E-state index in [1.54, 1.807) is 6.07 Å². The van der Waals surface area contributed by atoms with Gasteiger partial charge in [-0.1, -0.05) is 36.2 Å². The van der Waals surface area contributed by atoms with Crippen molar-refractivity contribution in [3.63, 3.8) is 0 Å². The fourth-order valence-corrected chi connectivity index (χ4v) is 2.63. The average Bonchev–Trinajstić information content (AvgIpc) is 2.43. The van der Waals surface area contributed by atoms with Crippen molar-refractivity contribution in [2.75, 3.05) is 6.61 Å². The average molecular weight is 439 g/mol. The molecule has 0 amide bonds. The smallest absolute Gasteiger partial charge is 0.226 e. The summed E-state index contributed by atoms with van der Waals surface area (Å²) in [6.07, 6.45) is 0.775. The summed E-state index contributed by atoms with van der Waals surface area (Å²) in [6, 6.07) is 5.64. The van der Waals surface area contributed by atoms with E-state index in [2.05, 4.69) is 16.9 Å². The van der Waals surface area contributed by atoms with Gasteiger partial charge >= 0.3 is 0 Å². The Morgan fingerprint density at radius 2 is 1.92 bits per heavy atom. The molecule has 1 aromatic rings. The highest BCUT2D eigenvalue weighted by Crippen LogP contribution is 2.28. The molecule has 1 unspecified atom stereocenters. The van der Waals surface area contributed by atoms with Crippen LogP contribution in [-0.4, -0.2) is 29.3 Å². The van der Waals surface area contributed by atoms with Gasteiger partial charge in [0.05, 0.1) is 16.7 Å². The van der Waals surface area contributed by atoms with E-state index in [-0.39, 0.29) is 34.8 Å². The van der Waals surface area contributed by atoms with Crippen LogP contribution in [0.1, 0.15) is 38.7 Å². The number of nitrogens with two attached hydrogens (primary N) is 2. The Kier molecular flexibility index (Phi) is 7.34. The number of nitrogens with zero attached hydrogens (tertiary/aromatic N) is 3. The first-order valence-corrected chi connectivity index (χ1v) is 8.04. The number of benzene rings is 1. The molecule has 0 fully saturated rings. The molecule has 0 spiro atoms. The van der Waals surface area contributed by atoms with Crippen molar-refractivity contribution in [1.82, 2.24) is 5.06 Å². The molecule has 1 aliphatic heterocycles. The standard InChI is InChI=1S/C15H21Cl2N5O.BrH/c1-9(10-4-5-11(16)12(17)8-10)6-7-23-22-14(19)20-13(18)21-15(22,2)3;/h4-5,8-9H,6-7H2,1-3H3,(H4,18,19,20,21);1H. The van der Waals surface area contributed by atoms with E-state index >= 15 is 0 Å². The van der Waals surface area contributed by atoms with E-state index in [9.17, 15) is 0 Å². The van der Waals surface area contributed by atoms with Crippen molar-refractivity contribution in [3.05, 3.63) is 33.8 Å².